The van der Waals surface area contributed by atoms with Crippen molar-refractivity contribution in [3.8, 4) is 0 Å². The molecule has 0 unspecified atom stereocenters. The smallest absolute Gasteiger partial charge is 0.207 e. The second-order valence-corrected chi connectivity index (χ2v) is 5.63. The van der Waals surface area contributed by atoms with Gasteiger partial charge in [-0.1, -0.05) is 25.3 Å². The van der Waals surface area contributed by atoms with Crippen LogP contribution in [0.3, 0.4) is 0 Å². The topological polar surface area (TPSA) is 29.9 Å². The number of nitrogens with one attached hydrogen (secondary N) is 1. The Kier molecular flexibility index (Phi) is 3.90. The van der Waals surface area contributed by atoms with Crippen LogP contribution in [0.1, 0.15) is 43.8 Å². The number of aromatic nitrogens is 2. The van der Waals surface area contributed by atoms with E-state index < -0.39 is 11.6 Å². The fourth-order valence-corrected chi connectivity index (χ4v) is 2.97. The highest BCUT2D eigenvalue weighted by atomic mass is 19.2. The van der Waals surface area contributed by atoms with E-state index in [1.807, 2.05) is 13.1 Å². The predicted octanol–water partition coefficient (Wildman–Crippen LogP) is 4.72. The molecule has 1 fully saturated rings. The van der Waals surface area contributed by atoms with Crippen molar-refractivity contribution in [1.29, 1.82) is 0 Å². The van der Waals surface area contributed by atoms with Crippen LogP contribution < -0.4 is 5.32 Å². The molecule has 1 aromatic heterocycles. The number of imidazole rings is 1. The minimum absolute atomic E-state index is 0.123. The number of anilines is 2. The molecule has 1 aliphatic rings. The van der Waals surface area contributed by atoms with Gasteiger partial charge in [0.05, 0.1) is 11.4 Å². The summed E-state index contributed by atoms with van der Waals surface area (Å²) in [5.41, 5.74) is 0.998. The average molecular weight is 291 g/mol. The first-order valence-corrected chi connectivity index (χ1v) is 7.41. The lowest BCUT2D eigenvalue weighted by Gasteiger charge is -2.24. The van der Waals surface area contributed by atoms with Crippen LogP contribution in [0.25, 0.3) is 0 Å². The number of halogens is 2. The maximum absolute atomic E-state index is 13.8. The third-order valence-corrected chi connectivity index (χ3v) is 4.02. The number of hydrogen-bond acceptors (Lipinski definition) is 2. The highest BCUT2D eigenvalue weighted by molar-refractivity contribution is 5.55. The standard InChI is InChI=1S/C16H19F2N3/c1-11-10-21(12-6-3-2-4-7-12)16(19-11)20-14-9-5-8-13(17)15(14)18/h5,8-10,12H,2-4,6-7H2,1H3,(H,19,20). The monoisotopic (exact) mass is 291 g/mol. The lowest BCUT2D eigenvalue weighted by molar-refractivity contribution is 0.356. The van der Waals surface area contributed by atoms with Crippen molar-refractivity contribution in [2.75, 3.05) is 5.32 Å². The first-order chi connectivity index (χ1) is 10.1. The third kappa shape index (κ3) is 2.91. The summed E-state index contributed by atoms with van der Waals surface area (Å²) < 4.78 is 29.2. The van der Waals surface area contributed by atoms with Gasteiger partial charge in [0.15, 0.2) is 11.6 Å². The fraction of sp³-hybridized carbons (Fsp3) is 0.438. The van der Waals surface area contributed by atoms with E-state index in [0.29, 0.717) is 12.0 Å². The Balaban J connectivity index is 1.89. The fourth-order valence-electron chi connectivity index (χ4n) is 2.97. The quantitative estimate of drug-likeness (QED) is 0.887. The van der Waals surface area contributed by atoms with E-state index in [9.17, 15) is 8.78 Å². The molecule has 21 heavy (non-hydrogen) atoms. The first-order valence-electron chi connectivity index (χ1n) is 7.41. The van der Waals surface area contributed by atoms with Gasteiger partial charge in [-0.25, -0.2) is 13.8 Å². The molecule has 0 radical (unpaired) electrons. The molecule has 0 atom stereocenters. The Morgan fingerprint density at radius 1 is 1.19 bits per heavy atom. The van der Waals surface area contributed by atoms with Gasteiger partial charge >= 0.3 is 0 Å². The lowest BCUT2D eigenvalue weighted by Crippen LogP contribution is -2.14. The van der Waals surface area contributed by atoms with Gasteiger partial charge in [0.1, 0.15) is 0 Å². The van der Waals surface area contributed by atoms with Gasteiger partial charge in [-0.15, -0.1) is 0 Å². The van der Waals surface area contributed by atoms with Gasteiger partial charge in [0, 0.05) is 12.2 Å². The number of aryl methyl sites for hydroxylation is 1. The number of rotatable bonds is 3. The van der Waals surface area contributed by atoms with Crippen LogP contribution in [0.4, 0.5) is 20.4 Å². The van der Waals surface area contributed by atoms with E-state index in [-0.39, 0.29) is 5.69 Å². The second kappa shape index (κ2) is 5.84. The van der Waals surface area contributed by atoms with E-state index >= 15 is 0 Å². The minimum atomic E-state index is -0.867. The van der Waals surface area contributed by atoms with Crippen LogP contribution >= 0.6 is 0 Å². The first kappa shape index (κ1) is 14.0. The summed E-state index contributed by atoms with van der Waals surface area (Å²) in [6.45, 7) is 1.91. The van der Waals surface area contributed by atoms with Gasteiger partial charge in [-0.2, -0.15) is 0 Å². The third-order valence-electron chi connectivity index (χ3n) is 4.02. The molecule has 1 N–H and O–H groups in total. The highest BCUT2D eigenvalue weighted by Gasteiger charge is 2.19. The molecule has 3 rings (SSSR count). The molecule has 1 aromatic carbocycles. The molecule has 2 aromatic rings. The molecular formula is C16H19F2N3. The molecule has 1 aliphatic carbocycles. The van der Waals surface area contributed by atoms with Crippen molar-refractivity contribution in [2.24, 2.45) is 0 Å². The van der Waals surface area contributed by atoms with Crippen LogP contribution in [0.2, 0.25) is 0 Å². The molecule has 0 spiro atoms. The van der Waals surface area contributed by atoms with Crippen LogP contribution in [0.15, 0.2) is 24.4 Å². The van der Waals surface area contributed by atoms with Gasteiger partial charge in [0.2, 0.25) is 5.95 Å². The summed E-state index contributed by atoms with van der Waals surface area (Å²) in [5, 5.41) is 2.94. The van der Waals surface area contributed by atoms with Gasteiger partial charge in [-0.05, 0) is 31.9 Å². The predicted molar refractivity (Wildman–Crippen MR) is 78.7 cm³/mol. The zero-order chi connectivity index (χ0) is 14.8. The second-order valence-electron chi connectivity index (χ2n) is 5.63. The van der Waals surface area contributed by atoms with E-state index in [1.54, 1.807) is 0 Å². The van der Waals surface area contributed by atoms with Crippen molar-refractivity contribution in [3.63, 3.8) is 0 Å². The Morgan fingerprint density at radius 3 is 2.71 bits per heavy atom. The minimum Gasteiger partial charge on any atom is -0.323 e. The van der Waals surface area contributed by atoms with Crippen molar-refractivity contribution in [2.45, 2.75) is 45.1 Å². The molecule has 1 heterocycles. The number of nitrogens with zero attached hydrogens (tertiary/aromatic N) is 2. The van der Waals surface area contributed by atoms with Crippen LogP contribution in [-0.4, -0.2) is 9.55 Å². The molecule has 112 valence electrons. The van der Waals surface area contributed by atoms with Crippen LogP contribution in [0, 0.1) is 18.6 Å². The van der Waals surface area contributed by atoms with Crippen molar-refractivity contribution < 1.29 is 8.78 Å². The SMILES string of the molecule is Cc1cn(C2CCCCC2)c(Nc2cccc(F)c2F)n1. The Morgan fingerprint density at radius 2 is 1.95 bits per heavy atom. The molecule has 5 heteroatoms. The maximum atomic E-state index is 13.8. The van der Waals surface area contributed by atoms with Gasteiger partial charge in [0.25, 0.3) is 0 Å². The Bertz CT molecular complexity index is 630. The average Bonchev–Trinajstić information content (AvgIpc) is 2.86. The van der Waals surface area contributed by atoms with Crippen LogP contribution in [0.5, 0.6) is 0 Å². The summed E-state index contributed by atoms with van der Waals surface area (Å²) >= 11 is 0. The molecule has 1 saturated carbocycles. The summed E-state index contributed by atoms with van der Waals surface area (Å²) in [5.74, 6) is -1.13. The highest BCUT2D eigenvalue weighted by Crippen LogP contribution is 2.32. The summed E-state index contributed by atoms with van der Waals surface area (Å²) in [7, 11) is 0. The number of hydrogen-bond donors (Lipinski definition) is 1. The normalized spacial score (nSPS) is 16.1. The molecule has 0 saturated heterocycles. The molecule has 3 nitrogen and oxygen atoms in total. The van der Waals surface area contributed by atoms with E-state index in [0.717, 1.165) is 24.6 Å². The van der Waals surface area contributed by atoms with E-state index in [1.165, 1.54) is 31.4 Å². The van der Waals surface area contributed by atoms with Gasteiger partial charge in [-0.3, -0.25) is 0 Å². The van der Waals surface area contributed by atoms with E-state index in [2.05, 4.69) is 14.9 Å². The summed E-state index contributed by atoms with van der Waals surface area (Å²) in [6, 6.07) is 4.51. The van der Waals surface area contributed by atoms with Crippen molar-refractivity contribution in [3.05, 3.63) is 41.7 Å². The zero-order valence-corrected chi connectivity index (χ0v) is 12.1. The van der Waals surface area contributed by atoms with E-state index in [4.69, 9.17) is 0 Å². The Hall–Kier alpha value is -1.91. The zero-order valence-electron chi connectivity index (χ0n) is 12.1. The summed E-state index contributed by atoms with van der Waals surface area (Å²) in [6.07, 6.45) is 7.87. The summed E-state index contributed by atoms with van der Waals surface area (Å²) in [4.78, 5) is 4.41. The van der Waals surface area contributed by atoms with Gasteiger partial charge < -0.3 is 9.88 Å². The molecular weight excluding hydrogens is 272 g/mol. The number of benzene rings is 1. The maximum Gasteiger partial charge on any atom is 0.207 e. The molecule has 0 bridgehead atoms. The lowest BCUT2D eigenvalue weighted by atomic mass is 9.95. The van der Waals surface area contributed by atoms with Crippen molar-refractivity contribution >= 4 is 11.6 Å². The van der Waals surface area contributed by atoms with Crippen molar-refractivity contribution in [1.82, 2.24) is 9.55 Å². The largest absolute Gasteiger partial charge is 0.323 e. The van der Waals surface area contributed by atoms with Crippen LogP contribution in [-0.2, 0) is 0 Å². The molecule has 0 aliphatic heterocycles. The molecule has 0 amide bonds. The Labute approximate surface area is 123 Å².